The molecule has 16 heteroatoms. The first-order valence-corrected chi connectivity index (χ1v) is 7.27. The highest BCUT2D eigenvalue weighted by atomic mass is 16.4. The number of carbonyl (C=O) groups excluding carboxylic acids is 8. The van der Waals surface area contributed by atoms with Crippen LogP contribution in [0.3, 0.4) is 0 Å². The van der Waals surface area contributed by atoms with E-state index in [1.54, 1.807) is 0 Å². The third-order valence-electron chi connectivity index (χ3n) is 0. The van der Waals surface area contributed by atoms with E-state index in [0.717, 1.165) is 55.4 Å². The predicted molar refractivity (Wildman–Crippen MR) is 85.4 cm³/mol. The van der Waals surface area contributed by atoms with Crippen LogP contribution in [0, 0.1) is 0 Å². The van der Waals surface area contributed by atoms with Crippen LogP contribution in [0.1, 0.15) is 55.4 Å². The molecule has 0 amide bonds. The minimum atomic E-state index is -1.08. The first-order chi connectivity index (χ1) is 13.9. The summed E-state index contributed by atoms with van der Waals surface area (Å²) in [5.41, 5.74) is 0. The molecule has 0 atom stereocenters. The Labute approximate surface area is 183 Å². The van der Waals surface area contributed by atoms with E-state index in [-0.39, 0.29) is 0 Å². The fourth-order valence-corrected chi connectivity index (χ4v) is 0. The lowest BCUT2D eigenvalue weighted by atomic mass is 10.9. The van der Waals surface area contributed by atoms with Gasteiger partial charge < -0.3 is 79.2 Å². The largest absolute Gasteiger partial charge is 0.550 e. The zero-order valence-electron chi connectivity index (χ0n) is 18.5. The molecule has 0 unspecified atom stereocenters. The van der Waals surface area contributed by atoms with Crippen molar-refractivity contribution in [2.24, 2.45) is 0 Å². The summed E-state index contributed by atoms with van der Waals surface area (Å²) in [5, 5.41) is 71.1. The highest BCUT2D eigenvalue weighted by molar-refractivity contribution is 5.61. The summed E-state index contributed by atoms with van der Waals surface area (Å²) in [6.45, 7) is 7.78. The van der Waals surface area contributed by atoms with E-state index in [9.17, 15) is 0 Å². The highest BCUT2D eigenvalue weighted by Crippen LogP contribution is 1.33. The van der Waals surface area contributed by atoms with Gasteiger partial charge >= 0.3 is 0 Å². The molecule has 0 aliphatic rings. The number of carboxylic acid groups (broad SMARTS) is 8. The van der Waals surface area contributed by atoms with E-state index in [1.165, 1.54) is 0 Å². The van der Waals surface area contributed by atoms with Gasteiger partial charge in [-0.05, 0) is 55.4 Å². The maximum atomic E-state index is 8.89. The van der Waals surface area contributed by atoms with Crippen molar-refractivity contribution < 1.29 is 79.2 Å². The zero-order chi connectivity index (χ0) is 28.6. The Morgan fingerprint density at radius 2 is 0.250 bits per heavy atom. The number of aliphatic carboxylic acids is 8. The van der Waals surface area contributed by atoms with Crippen LogP contribution >= 0.6 is 0 Å². The molecule has 32 heavy (non-hydrogen) atoms. The Bertz CT molecular complexity index is 360. The minimum Gasteiger partial charge on any atom is -0.550 e. The monoisotopic (exact) mass is 472 g/mol. The quantitative estimate of drug-likeness (QED) is 0.315. The summed E-state index contributed by atoms with van der Waals surface area (Å²) in [7, 11) is 0. The number of carboxylic acids is 8. The van der Waals surface area contributed by atoms with E-state index >= 15 is 0 Å². The number of hydrogen-bond acceptors (Lipinski definition) is 16. The summed E-state index contributed by atoms with van der Waals surface area (Å²) in [6, 6.07) is 0. The van der Waals surface area contributed by atoms with Gasteiger partial charge in [-0.3, -0.25) is 0 Å². The Kier molecular flexibility index (Phi) is 72.4. The van der Waals surface area contributed by atoms with Gasteiger partial charge in [0.1, 0.15) is 0 Å². The summed E-state index contributed by atoms with van der Waals surface area (Å²) < 4.78 is 0. The molecule has 0 radical (unpaired) electrons. The smallest absolute Gasteiger partial charge is 0.0383 e. The van der Waals surface area contributed by atoms with Gasteiger partial charge in [0.15, 0.2) is 0 Å². The maximum Gasteiger partial charge on any atom is 0.0383 e. The second-order valence-corrected chi connectivity index (χ2v) is 3.93. The fraction of sp³-hybridized carbons (Fsp3) is 0.500. The molecule has 0 rings (SSSR count). The van der Waals surface area contributed by atoms with Crippen LogP contribution in [0.4, 0.5) is 0 Å². The summed E-state index contributed by atoms with van der Waals surface area (Å²) in [6.07, 6.45) is 0. The van der Waals surface area contributed by atoms with Crippen molar-refractivity contribution in [1.29, 1.82) is 0 Å². The second-order valence-electron chi connectivity index (χ2n) is 3.93. The lowest BCUT2D eigenvalue weighted by Gasteiger charge is -1.77. The molecule has 0 saturated heterocycles. The van der Waals surface area contributed by atoms with E-state index in [4.69, 9.17) is 79.2 Å². The molecular weight excluding hydrogens is 448 g/mol. The van der Waals surface area contributed by atoms with Crippen molar-refractivity contribution in [3.63, 3.8) is 0 Å². The average molecular weight is 472 g/mol. The van der Waals surface area contributed by atoms with Gasteiger partial charge in [-0.1, -0.05) is 0 Å². The summed E-state index contributed by atoms with van der Waals surface area (Å²) in [4.78, 5) is 71.1. The van der Waals surface area contributed by atoms with Crippen LogP contribution in [-0.2, 0) is 38.4 Å². The van der Waals surface area contributed by atoms with Crippen LogP contribution < -0.4 is 40.9 Å². The van der Waals surface area contributed by atoms with Crippen LogP contribution in [0.15, 0.2) is 0 Å². The molecule has 0 aliphatic heterocycles. The Hall–Kier alpha value is -4.24. The van der Waals surface area contributed by atoms with Crippen molar-refractivity contribution in [1.82, 2.24) is 0 Å². The molecule has 0 aliphatic carbocycles. The van der Waals surface area contributed by atoms with Crippen LogP contribution in [0.5, 0.6) is 0 Å². The van der Waals surface area contributed by atoms with Gasteiger partial charge in [0, 0.05) is 47.8 Å². The normalized spacial score (nSPS) is 6.25. The van der Waals surface area contributed by atoms with Crippen molar-refractivity contribution >= 4 is 47.8 Å². The molecule has 0 aromatic heterocycles. The van der Waals surface area contributed by atoms with E-state index in [0.29, 0.717) is 0 Å². The maximum absolute atomic E-state index is 8.89. The zero-order valence-corrected chi connectivity index (χ0v) is 18.5. The van der Waals surface area contributed by atoms with Crippen molar-refractivity contribution in [3.05, 3.63) is 0 Å². The molecule has 0 bridgehead atoms. The molecule has 192 valence electrons. The number of rotatable bonds is 0. The summed E-state index contributed by atoms with van der Waals surface area (Å²) in [5.74, 6) is -8.67. The van der Waals surface area contributed by atoms with Crippen LogP contribution in [-0.4, -0.2) is 47.8 Å². The molecule has 0 saturated carbocycles. The van der Waals surface area contributed by atoms with Crippen LogP contribution in [0.2, 0.25) is 0 Å². The lowest BCUT2D eigenvalue weighted by molar-refractivity contribution is -0.303. The van der Waals surface area contributed by atoms with Crippen LogP contribution in [0.25, 0.3) is 0 Å². The van der Waals surface area contributed by atoms with Crippen molar-refractivity contribution in [2.75, 3.05) is 0 Å². The van der Waals surface area contributed by atoms with E-state index < -0.39 is 47.8 Å². The molecule has 0 N–H and O–H groups in total. The highest BCUT2D eigenvalue weighted by Gasteiger charge is 1.48. The van der Waals surface area contributed by atoms with Gasteiger partial charge in [0.2, 0.25) is 0 Å². The SMILES string of the molecule is CC(=O)[O-].CC(=O)[O-].CC(=O)[O-].CC(=O)[O-].CC(=O)[O-].CC(=O)[O-].CC(=O)[O-].CC(=O)[O-]. The molecular formula is C16H24O16-8. The molecule has 0 spiro atoms. The minimum absolute atomic E-state index is 0.972. The first-order valence-electron chi connectivity index (χ1n) is 7.27. The Morgan fingerprint density at radius 3 is 0.250 bits per heavy atom. The fourth-order valence-electron chi connectivity index (χ4n) is 0. The Balaban J connectivity index is -0.0000000343. The Morgan fingerprint density at radius 1 is 0.250 bits per heavy atom. The molecule has 0 aromatic rings. The van der Waals surface area contributed by atoms with Gasteiger partial charge in [-0.25, -0.2) is 0 Å². The summed E-state index contributed by atoms with van der Waals surface area (Å²) >= 11 is 0. The molecule has 0 heterocycles. The van der Waals surface area contributed by atoms with E-state index in [2.05, 4.69) is 0 Å². The van der Waals surface area contributed by atoms with Gasteiger partial charge in [0.05, 0.1) is 0 Å². The van der Waals surface area contributed by atoms with Crippen molar-refractivity contribution in [2.45, 2.75) is 55.4 Å². The second kappa shape index (κ2) is 45.5. The molecule has 16 nitrogen and oxygen atoms in total. The van der Waals surface area contributed by atoms with Crippen molar-refractivity contribution in [3.8, 4) is 0 Å². The standard InChI is InChI=1S/8C2H4O2/c8*1-2(3)4/h8*1H3,(H,3,4)/p-8. The van der Waals surface area contributed by atoms with Gasteiger partial charge in [-0.15, -0.1) is 0 Å². The number of hydrogen-bond donors (Lipinski definition) is 0. The van der Waals surface area contributed by atoms with Gasteiger partial charge in [0.25, 0.3) is 0 Å². The molecule has 0 aromatic carbocycles. The number of carbonyl (C=O) groups is 8. The lowest BCUT2D eigenvalue weighted by Crippen LogP contribution is -2.16. The third kappa shape index (κ3) is 878. The molecule has 0 fully saturated rings. The average Bonchev–Trinajstić information content (AvgIpc) is 2.30. The third-order valence-corrected chi connectivity index (χ3v) is 0. The first kappa shape index (κ1) is 50.9. The van der Waals surface area contributed by atoms with E-state index in [1.807, 2.05) is 0 Å². The predicted octanol–water partition coefficient (Wildman–Crippen LogP) is -9.95. The van der Waals surface area contributed by atoms with Gasteiger partial charge in [-0.2, -0.15) is 0 Å². The topological polar surface area (TPSA) is 321 Å².